The van der Waals surface area contributed by atoms with Gasteiger partial charge in [0.2, 0.25) is 11.7 Å². The third kappa shape index (κ3) is 4.56. The summed E-state index contributed by atoms with van der Waals surface area (Å²) >= 11 is 0. The molecule has 0 spiro atoms. The molecule has 3 rings (SSSR count). The van der Waals surface area contributed by atoms with Crippen LogP contribution < -0.4 is 5.32 Å². The van der Waals surface area contributed by atoms with Crippen LogP contribution in [-0.4, -0.2) is 44.0 Å². The summed E-state index contributed by atoms with van der Waals surface area (Å²) < 4.78 is 12.3. The lowest BCUT2D eigenvalue weighted by Gasteiger charge is -2.11. The average molecular weight is 370 g/mol. The first-order chi connectivity index (χ1) is 13.1. The lowest BCUT2D eigenvalue weighted by Crippen LogP contribution is -2.29. The van der Waals surface area contributed by atoms with Gasteiger partial charge in [0.25, 0.3) is 5.91 Å². The van der Waals surface area contributed by atoms with Crippen LogP contribution in [0.1, 0.15) is 42.0 Å². The van der Waals surface area contributed by atoms with E-state index >= 15 is 0 Å². The number of hydrogen-bond acceptors (Lipinski definition) is 7. The van der Waals surface area contributed by atoms with Crippen molar-refractivity contribution in [2.24, 2.45) is 0 Å². The maximum Gasteiger partial charge on any atom is 0.270 e. The van der Waals surface area contributed by atoms with Crippen LogP contribution in [0.25, 0.3) is 11.4 Å². The number of aromatic nitrogens is 5. The van der Waals surface area contributed by atoms with E-state index in [2.05, 4.69) is 25.5 Å². The largest absolute Gasteiger partial charge is 0.380 e. The van der Waals surface area contributed by atoms with Crippen molar-refractivity contribution in [3.63, 3.8) is 0 Å². The fourth-order valence-electron chi connectivity index (χ4n) is 2.56. The summed E-state index contributed by atoms with van der Waals surface area (Å²) in [5.41, 5.74) is 2.03. The molecule has 3 aromatic rings. The van der Waals surface area contributed by atoms with Crippen molar-refractivity contribution in [1.29, 1.82) is 0 Å². The molecule has 0 aromatic carbocycles. The molecule has 0 bridgehead atoms. The van der Waals surface area contributed by atoms with Crippen molar-refractivity contribution in [2.45, 2.75) is 33.4 Å². The quantitative estimate of drug-likeness (QED) is 0.605. The number of nitrogens with zero attached hydrogens (tertiary/aromatic N) is 5. The molecule has 3 heterocycles. The Kier molecular flexibility index (Phi) is 5.92. The van der Waals surface area contributed by atoms with Gasteiger partial charge in [-0.15, -0.1) is 0 Å². The number of rotatable bonds is 8. The van der Waals surface area contributed by atoms with Crippen LogP contribution in [0, 0.1) is 6.92 Å². The Balaban J connectivity index is 1.68. The number of ether oxygens (including phenoxy) is 1. The number of carbonyl (C=O) groups is 1. The van der Waals surface area contributed by atoms with Gasteiger partial charge >= 0.3 is 0 Å². The second-order valence-electron chi connectivity index (χ2n) is 5.98. The van der Waals surface area contributed by atoms with Gasteiger partial charge in [0.05, 0.1) is 18.8 Å². The van der Waals surface area contributed by atoms with Gasteiger partial charge in [0.15, 0.2) is 0 Å². The van der Waals surface area contributed by atoms with Crippen LogP contribution in [0.5, 0.6) is 0 Å². The number of carbonyl (C=O) groups excluding carboxylic acids is 1. The molecule has 0 radical (unpaired) electrons. The summed E-state index contributed by atoms with van der Waals surface area (Å²) in [4.78, 5) is 21.0. The Hall–Kier alpha value is -3.07. The maximum atomic E-state index is 12.7. The molecule has 3 aromatic heterocycles. The zero-order valence-electron chi connectivity index (χ0n) is 15.5. The Morgan fingerprint density at radius 2 is 2.15 bits per heavy atom. The molecule has 1 N–H and O–H groups in total. The number of aryl methyl sites for hydroxylation is 1. The molecule has 1 unspecified atom stereocenters. The minimum Gasteiger partial charge on any atom is -0.380 e. The summed E-state index contributed by atoms with van der Waals surface area (Å²) in [5, 5.41) is 11.2. The van der Waals surface area contributed by atoms with Crippen LogP contribution in [0.2, 0.25) is 0 Å². The highest BCUT2D eigenvalue weighted by Gasteiger charge is 2.21. The van der Waals surface area contributed by atoms with Crippen LogP contribution in [0.15, 0.2) is 35.1 Å². The Morgan fingerprint density at radius 1 is 1.37 bits per heavy atom. The van der Waals surface area contributed by atoms with E-state index in [0.717, 1.165) is 11.3 Å². The van der Waals surface area contributed by atoms with Crippen molar-refractivity contribution in [3.05, 3.63) is 47.9 Å². The van der Waals surface area contributed by atoms with Crippen LogP contribution in [0.3, 0.4) is 0 Å². The number of hydrogen-bond donors (Lipinski definition) is 1. The minimum absolute atomic E-state index is 0.261. The predicted octanol–water partition coefficient (Wildman–Crippen LogP) is 2.16. The second kappa shape index (κ2) is 8.54. The molecule has 9 nitrogen and oxygen atoms in total. The topological polar surface area (TPSA) is 108 Å². The van der Waals surface area contributed by atoms with Gasteiger partial charge in [-0.25, -0.2) is 0 Å². The third-order valence-electron chi connectivity index (χ3n) is 3.88. The molecular weight excluding hydrogens is 348 g/mol. The van der Waals surface area contributed by atoms with E-state index in [9.17, 15) is 4.79 Å². The lowest BCUT2D eigenvalue weighted by molar-refractivity contribution is 0.0914. The molecule has 0 saturated heterocycles. The molecule has 0 saturated carbocycles. The van der Waals surface area contributed by atoms with E-state index in [1.165, 1.54) is 0 Å². The molecular formula is C18H22N6O3. The molecule has 0 aliphatic heterocycles. The zero-order chi connectivity index (χ0) is 19.2. The van der Waals surface area contributed by atoms with Gasteiger partial charge in [-0.3, -0.25) is 14.5 Å². The minimum atomic E-state index is -0.448. The molecule has 9 heteroatoms. The van der Waals surface area contributed by atoms with E-state index in [0.29, 0.717) is 37.2 Å². The average Bonchev–Trinajstić information content (AvgIpc) is 3.30. The predicted molar refractivity (Wildman–Crippen MR) is 96.9 cm³/mol. The van der Waals surface area contributed by atoms with E-state index in [1.54, 1.807) is 42.2 Å². The summed E-state index contributed by atoms with van der Waals surface area (Å²) in [6.45, 7) is 7.17. The SMILES string of the molecule is CCOCCn1nc(C)cc1C(=O)NC(C)c1nc(-c2ccncc2)no1. The van der Waals surface area contributed by atoms with Crippen molar-refractivity contribution in [2.75, 3.05) is 13.2 Å². The molecule has 27 heavy (non-hydrogen) atoms. The molecule has 1 atom stereocenters. The highest BCUT2D eigenvalue weighted by atomic mass is 16.5. The van der Waals surface area contributed by atoms with E-state index in [-0.39, 0.29) is 5.91 Å². The highest BCUT2D eigenvalue weighted by Crippen LogP contribution is 2.18. The van der Waals surface area contributed by atoms with Crippen molar-refractivity contribution >= 4 is 5.91 Å². The van der Waals surface area contributed by atoms with Gasteiger partial charge in [0, 0.05) is 24.6 Å². The van der Waals surface area contributed by atoms with Crippen LogP contribution in [0.4, 0.5) is 0 Å². The van der Waals surface area contributed by atoms with Crippen molar-refractivity contribution in [3.8, 4) is 11.4 Å². The smallest absolute Gasteiger partial charge is 0.270 e. The summed E-state index contributed by atoms with van der Waals surface area (Å²) in [6.07, 6.45) is 3.31. The Morgan fingerprint density at radius 3 is 2.89 bits per heavy atom. The molecule has 1 amide bonds. The number of pyridine rings is 1. The van der Waals surface area contributed by atoms with Crippen LogP contribution in [-0.2, 0) is 11.3 Å². The fourth-order valence-corrected chi connectivity index (χ4v) is 2.56. The van der Waals surface area contributed by atoms with Crippen LogP contribution >= 0.6 is 0 Å². The third-order valence-corrected chi connectivity index (χ3v) is 3.88. The first-order valence-electron chi connectivity index (χ1n) is 8.75. The summed E-state index contributed by atoms with van der Waals surface area (Å²) in [6, 6.07) is 4.87. The summed E-state index contributed by atoms with van der Waals surface area (Å²) in [5.74, 6) is 0.515. The van der Waals surface area contributed by atoms with Gasteiger partial charge < -0.3 is 14.6 Å². The van der Waals surface area contributed by atoms with E-state index in [1.807, 2.05) is 13.8 Å². The second-order valence-corrected chi connectivity index (χ2v) is 5.98. The fraction of sp³-hybridized carbons (Fsp3) is 0.389. The molecule has 0 fully saturated rings. The van der Waals surface area contributed by atoms with E-state index < -0.39 is 6.04 Å². The molecule has 0 aliphatic carbocycles. The van der Waals surface area contributed by atoms with Gasteiger partial charge in [-0.2, -0.15) is 10.1 Å². The summed E-state index contributed by atoms with van der Waals surface area (Å²) in [7, 11) is 0. The number of nitrogens with one attached hydrogen (secondary N) is 1. The lowest BCUT2D eigenvalue weighted by atomic mass is 10.2. The first-order valence-corrected chi connectivity index (χ1v) is 8.75. The number of amides is 1. The van der Waals surface area contributed by atoms with Crippen molar-refractivity contribution in [1.82, 2.24) is 30.2 Å². The molecule has 0 aliphatic rings. The Labute approximate surface area is 156 Å². The van der Waals surface area contributed by atoms with Gasteiger partial charge in [0.1, 0.15) is 11.7 Å². The highest BCUT2D eigenvalue weighted by molar-refractivity contribution is 5.92. The van der Waals surface area contributed by atoms with E-state index in [4.69, 9.17) is 9.26 Å². The van der Waals surface area contributed by atoms with Gasteiger partial charge in [-0.05, 0) is 39.0 Å². The standard InChI is InChI=1S/C18H22N6O3/c1-4-26-10-9-24-15(11-12(2)22-24)17(25)20-13(3)18-21-16(23-27-18)14-5-7-19-8-6-14/h5-8,11,13H,4,9-10H2,1-3H3,(H,20,25). The normalized spacial score (nSPS) is 12.1. The van der Waals surface area contributed by atoms with Crippen molar-refractivity contribution < 1.29 is 14.1 Å². The first kappa shape index (κ1) is 18.7. The maximum absolute atomic E-state index is 12.7. The monoisotopic (exact) mass is 370 g/mol. The zero-order valence-corrected chi connectivity index (χ0v) is 15.5. The molecule has 142 valence electrons. The Bertz CT molecular complexity index is 890. The van der Waals surface area contributed by atoms with Gasteiger partial charge in [-0.1, -0.05) is 5.16 Å².